The van der Waals surface area contributed by atoms with E-state index in [4.69, 9.17) is 0 Å². The molecule has 112 valence electrons. The first-order valence-corrected chi connectivity index (χ1v) is 6.16. The third-order valence-electron chi connectivity index (χ3n) is 3.06. The fourth-order valence-corrected chi connectivity index (χ4v) is 2.06. The Hall–Kier alpha value is -1.27. The maximum absolute atomic E-state index is 12.6. The molecule has 0 saturated carbocycles. The standard InChI is InChI=1S/C13H15F3N2O.ClH/c14-13(15,16)11-4-1-3-10(9-11)12(19)18-7-2-5-17-6-8-18;/h1,3-4,9,17H,2,5-8H2;1H. The average Bonchev–Trinajstić information content (AvgIpc) is 2.66. The van der Waals surface area contributed by atoms with Crippen LogP contribution < -0.4 is 5.32 Å². The minimum absolute atomic E-state index is 0. The van der Waals surface area contributed by atoms with E-state index in [9.17, 15) is 18.0 Å². The summed E-state index contributed by atoms with van der Waals surface area (Å²) < 4.78 is 37.8. The van der Waals surface area contributed by atoms with E-state index in [-0.39, 0.29) is 23.9 Å². The molecule has 1 fully saturated rings. The van der Waals surface area contributed by atoms with Gasteiger partial charge in [0.05, 0.1) is 5.56 Å². The molecule has 0 aromatic heterocycles. The highest BCUT2D eigenvalue weighted by Gasteiger charge is 2.31. The lowest BCUT2D eigenvalue weighted by Gasteiger charge is -2.20. The number of carbonyl (C=O) groups excluding carboxylic acids is 1. The molecule has 1 aliphatic heterocycles. The molecule has 2 rings (SSSR count). The lowest BCUT2D eigenvalue weighted by atomic mass is 10.1. The van der Waals surface area contributed by atoms with Gasteiger partial charge < -0.3 is 10.2 Å². The zero-order valence-corrected chi connectivity index (χ0v) is 11.6. The number of alkyl halides is 3. The van der Waals surface area contributed by atoms with Gasteiger partial charge in [-0.2, -0.15) is 13.2 Å². The minimum Gasteiger partial charge on any atom is -0.337 e. The quantitative estimate of drug-likeness (QED) is 0.865. The predicted octanol–water partition coefficient (Wildman–Crippen LogP) is 2.56. The second-order valence-corrected chi connectivity index (χ2v) is 4.47. The summed E-state index contributed by atoms with van der Waals surface area (Å²) in [5, 5.41) is 3.15. The van der Waals surface area contributed by atoms with Crippen LogP contribution in [0, 0.1) is 0 Å². The summed E-state index contributed by atoms with van der Waals surface area (Å²) in [4.78, 5) is 13.8. The average molecular weight is 309 g/mol. The first-order valence-electron chi connectivity index (χ1n) is 6.16. The summed E-state index contributed by atoms with van der Waals surface area (Å²) in [5.41, 5.74) is -0.692. The van der Waals surface area contributed by atoms with Crippen molar-refractivity contribution in [1.29, 1.82) is 0 Å². The number of amides is 1. The summed E-state index contributed by atoms with van der Waals surface area (Å²) in [5.74, 6) is -0.338. The molecule has 1 saturated heterocycles. The molecule has 0 aliphatic carbocycles. The molecule has 0 atom stereocenters. The van der Waals surface area contributed by atoms with E-state index in [1.54, 1.807) is 4.90 Å². The summed E-state index contributed by atoms with van der Waals surface area (Å²) >= 11 is 0. The molecule has 7 heteroatoms. The maximum Gasteiger partial charge on any atom is 0.416 e. The third kappa shape index (κ3) is 4.11. The molecule has 3 nitrogen and oxygen atoms in total. The van der Waals surface area contributed by atoms with Crippen molar-refractivity contribution in [1.82, 2.24) is 10.2 Å². The Morgan fingerprint density at radius 2 is 1.95 bits per heavy atom. The normalized spacial score (nSPS) is 16.2. The van der Waals surface area contributed by atoms with Gasteiger partial charge in [0.2, 0.25) is 0 Å². The number of halogens is 4. The van der Waals surface area contributed by atoms with Crippen LogP contribution in [0.4, 0.5) is 13.2 Å². The second-order valence-electron chi connectivity index (χ2n) is 4.47. The van der Waals surface area contributed by atoms with Crippen LogP contribution in [0.1, 0.15) is 22.3 Å². The summed E-state index contributed by atoms with van der Waals surface area (Å²) in [6.07, 6.45) is -3.61. The van der Waals surface area contributed by atoms with Crippen LogP contribution in [0.15, 0.2) is 24.3 Å². The van der Waals surface area contributed by atoms with Crippen molar-refractivity contribution in [2.24, 2.45) is 0 Å². The van der Waals surface area contributed by atoms with Crippen molar-refractivity contribution in [3.05, 3.63) is 35.4 Å². The van der Waals surface area contributed by atoms with Crippen molar-refractivity contribution >= 4 is 18.3 Å². The summed E-state index contributed by atoms with van der Waals surface area (Å²) in [6, 6.07) is 4.59. The third-order valence-corrected chi connectivity index (χ3v) is 3.06. The maximum atomic E-state index is 12.6. The monoisotopic (exact) mass is 308 g/mol. The molecule has 1 aliphatic rings. The first-order chi connectivity index (χ1) is 8.98. The Kier molecular flexibility index (Phi) is 5.83. The topological polar surface area (TPSA) is 32.3 Å². The van der Waals surface area contributed by atoms with E-state index in [1.165, 1.54) is 12.1 Å². The smallest absolute Gasteiger partial charge is 0.337 e. The van der Waals surface area contributed by atoms with Crippen molar-refractivity contribution in [2.75, 3.05) is 26.2 Å². The van der Waals surface area contributed by atoms with Crippen LogP contribution in [0.5, 0.6) is 0 Å². The SMILES string of the molecule is Cl.O=C(c1cccc(C(F)(F)F)c1)N1CCCNCC1. The van der Waals surface area contributed by atoms with Crippen molar-refractivity contribution < 1.29 is 18.0 Å². The van der Waals surface area contributed by atoms with Crippen LogP contribution in [0.2, 0.25) is 0 Å². The molecule has 0 radical (unpaired) electrons. The highest BCUT2D eigenvalue weighted by Crippen LogP contribution is 2.29. The van der Waals surface area contributed by atoms with E-state index < -0.39 is 11.7 Å². The van der Waals surface area contributed by atoms with Gasteiger partial charge in [-0.05, 0) is 31.2 Å². The molecular weight excluding hydrogens is 293 g/mol. The molecule has 0 unspecified atom stereocenters. The van der Waals surface area contributed by atoms with Crippen LogP contribution in [-0.2, 0) is 6.18 Å². The Labute approximate surface area is 121 Å². The van der Waals surface area contributed by atoms with Gasteiger partial charge in [0.25, 0.3) is 5.91 Å². The molecule has 1 aromatic rings. The number of nitrogens with one attached hydrogen (secondary N) is 1. The zero-order chi connectivity index (χ0) is 13.9. The number of hydrogen-bond acceptors (Lipinski definition) is 2. The van der Waals surface area contributed by atoms with Crippen LogP contribution in [-0.4, -0.2) is 37.0 Å². The van der Waals surface area contributed by atoms with Crippen LogP contribution in [0.25, 0.3) is 0 Å². The largest absolute Gasteiger partial charge is 0.416 e. The number of carbonyl (C=O) groups is 1. The van der Waals surface area contributed by atoms with Gasteiger partial charge in [-0.25, -0.2) is 0 Å². The molecule has 0 bridgehead atoms. The summed E-state index contributed by atoms with van der Waals surface area (Å²) in [7, 11) is 0. The highest BCUT2D eigenvalue weighted by molar-refractivity contribution is 5.94. The molecule has 1 heterocycles. The van der Waals surface area contributed by atoms with Gasteiger partial charge in [-0.1, -0.05) is 6.07 Å². The number of benzene rings is 1. The van der Waals surface area contributed by atoms with Crippen LogP contribution >= 0.6 is 12.4 Å². The second kappa shape index (κ2) is 6.95. The first kappa shape index (κ1) is 16.8. The van der Waals surface area contributed by atoms with E-state index in [1.807, 2.05) is 0 Å². The van der Waals surface area contributed by atoms with Gasteiger partial charge in [-0.3, -0.25) is 4.79 Å². The molecule has 1 aromatic carbocycles. The van der Waals surface area contributed by atoms with Gasteiger partial charge in [0.15, 0.2) is 0 Å². The van der Waals surface area contributed by atoms with Crippen LogP contribution in [0.3, 0.4) is 0 Å². The fraction of sp³-hybridized carbons (Fsp3) is 0.462. The van der Waals surface area contributed by atoms with Gasteiger partial charge in [0, 0.05) is 25.2 Å². The minimum atomic E-state index is -4.42. The lowest BCUT2D eigenvalue weighted by Crippen LogP contribution is -2.34. The molecular formula is C13H16ClF3N2O. The van der Waals surface area contributed by atoms with E-state index >= 15 is 0 Å². The van der Waals surface area contributed by atoms with E-state index in [0.717, 1.165) is 25.1 Å². The highest BCUT2D eigenvalue weighted by atomic mass is 35.5. The fourth-order valence-electron chi connectivity index (χ4n) is 2.06. The van der Waals surface area contributed by atoms with Crippen molar-refractivity contribution in [3.8, 4) is 0 Å². The Balaban J connectivity index is 0.00000200. The van der Waals surface area contributed by atoms with E-state index in [2.05, 4.69) is 5.32 Å². The lowest BCUT2D eigenvalue weighted by molar-refractivity contribution is -0.137. The van der Waals surface area contributed by atoms with Gasteiger partial charge in [0.1, 0.15) is 0 Å². The molecule has 0 spiro atoms. The molecule has 1 N–H and O–H groups in total. The van der Waals surface area contributed by atoms with Gasteiger partial charge >= 0.3 is 6.18 Å². The van der Waals surface area contributed by atoms with Gasteiger partial charge in [-0.15, -0.1) is 12.4 Å². The number of nitrogens with zero attached hydrogens (tertiary/aromatic N) is 1. The zero-order valence-electron chi connectivity index (χ0n) is 10.7. The summed E-state index contributed by atoms with van der Waals surface area (Å²) in [6.45, 7) is 2.59. The molecule has 20 heavy (non-hydrogen) atoms. The van der Waals surface area contributed by atoms with E-state index in [0.29, 0.717) is 19.6 Å². The number of rotatable bonds is 1. The van der Waals surface area contributed by atoms with Crippen molar-refractivity contribution in [3.63, 3.8) is 0 Å². The predicted molar refractivity (Wildman–Crippen MR) is 72.1 cm³/mol. The Morgan fingerprint density at radius 1 is 1.20 bits per heavy atom. The number of hydrogen-bond donors (Lipinski definition) is 1. The Bertz CT molecular complexity index is 457. The Morgan fingerprint density at radius 3 is 2.65 bits per heavy atom. The molecule has 1 amide bonds. The van der Waals surface area contributed by atoms with Crippen molar-refractivity contribution in [2.45, 2.75) is 12.6 Å².